The molecule has 0 aliphatic carbocycles. The van der Waals surface area contributed by atoms with Crippen LogP contribution in [-0.4, -0.2) is 48.4 Å². The smallest absolute Gasteiger partial charge is 0.253 e. The van der Waals surface area contributed by atoms with Gasteiger partial charge in [0.15, 0.2) is 0 Å². The van der Waals surface area contributed by atoms with Gasteiger partial charge in [0.25, 0.3) is 5.91 Å². The number of nitrogens with two attached hydrogens (primary N) is 1. The number of hydrogen-bond acceptors (Lipinski definition) is 3. The number of carbonyl (C=O) groups excluding carboxylic acids is 1. The Morgan fingerprint density at radius 2 is 2.30 bits per heavy atom. The van der Waals surface area contributed by atoms with Crippen molar-refractivity contribution in [2.75, 3.05) is 32.4 Å². The van der Waals surface area contributed by atoms with E-state index in [4.69, 9.17) is 5.73 Å². The molecule has 1 aromatic rings. The lowest BCUT2D eigenvalue weighted by Crippen LogP contribution is -2.41. The van der Waals surface area contributed by atoms with Crippen LogP contribution in [0.3, 0.4) is 0 Å². The predicted molar refractivity (Wildman–Crippen MR) is 85.8 cm³/mol. The van der Waals surface area contributed by atoms with Crippen LogP contribution in [0.15, 0.2) is 22.7 Å². The number of rotatable bonds is 4. The van der Waals surface area contributed by atoms with Crippen LogP contribution in [0.4, 0.5) is 5.69 Å². The van der Waals surface area contributed by atoms with Gasteiger partial charge in [0.05, 0.1) is 0 Å². The summed E-state index contributed by atoms with van der Waals surface area (Å²) in [5.41, 5.74) is 7.08. The first-order chi connectivity index (χ1) is 9.52. The number of nitrogens with zero attached hydrogens (tertiary/aromatic N) is 2. The van der Waals surface area contributed by atoms with E-state index in [9.17, 15) is 4.79 Å². The van der Waals surface area contributed by atoms with E-state index < -0.39 is 0 Å². The fourth-order valence-electron chi connectivity index (χ4n) is 2.80. The highest BCUT2D eigenvalue weighted by Crippen LogP contribution is 2.22. The molecule has 0 spiro atoms. The first-order valence-electron chi connectivity index (χ1n) is 7.07. The summed E-state index contributed by atoms with van der Waals surface area (Å²) in [7, 11) is 1.87. The van der Waals surface area contributed by atoms with Gasteiger partial charge in [-0.2, -0.15) is 0 Å². The summed E-state index contributed by atoms with van der Waals surface area (Å²) >= 11 is 3.37. The van der Waals surface area contributed by atoms with Gasteiger partial charge in [-0.25, -0.2) is 0 Å². The normalized spacial score (nSPS) is 19.2. The van der Waals surface area contributed by atoms with Crippen molar-refractivity contribution in [2.45, 2.75) is 25.8 Å². The second kappa shape index (κ2) is 6.59. The largest absolute Gasteiger partial charge is 0.398 e. The van der Waals surface area contributed by atoms with Crippen LogP contribution in [0.2, 0.25) is 0 Å². The quantitative estimate of drug-likeness (QED) is 0.857. The van der Waals surface area contributed by atoms with Gasteiger partial charge < -0.3 is 10.6 Å². The third-order valence-corrected chi connectivity index (χ3v) is 4.67. The standard InChI is InChI=1S/C15H22BrN3O/c1-3-19-8-4-5-12(19)10-18(2)15(20)11-6-7-14(17)13(16)9-11/h6-7,9,12H,3-5,8,10,17H2,1-2H3. The van der Waals surface area contributed by atoms with Crippen LogP contribution in [0, 0.1) is 0 Å². The van der Waals surface area contributed by atoms with Gasteiger partial charge in [-0.15, -0.1) is 0 Å². The number of carbonyl (C=O) groups is 1. The van der Waals surface area contributed by atoms with Gasteiger partial charge >= 0.3 is 0 Å². The number of anilines is 1. The number of amides is 1. The minimum absolute atomic E-state index is 0.0497. The number of likely N-dealkylation sites (tertiary alicyclic amines) is 1. The summed E-state index contributed by atoms with van der Waals surface area (Å²) in [6.07, 6.45) is 2.41. The third kappa shape index (κ3) is 3.33. The molecule has 1 amide bonds. The van der Waals surface area contributed by atoms with E-state index in [1.54, 1.807) is 18.2 Å². The molecule has 110 valence electrons. The van der Waals surface area contributed by atoms with Gasteiger partial charge in [-0.1, -0.05) is 6.92 Å². The first kappa shape index (κ1) is 15.3. The van der Waals surface area contributed by atoms with Crippen LogP contribution >= 0.6 is 15.9 Å². The van der Waals surface area contributed by atoms with Gasteiger partial charge in [0, 0.05) is 35.4 Å². The average Bonchev–Trinajstić information content (AvgIpc) is 2.88. The molecule has 0 radical (unpaired) electrons. The van der Waals surface area contributed by atoms with Crippen LogP contribution in [-0.2, 0) is 0 Å². The molecule has 2 N–H and O–H groups in total. The molecule has 1 saturated heterocycles. The second-order valence-electron chi connectivity index (χ2n) is 5.35. The molecule has 1 fully saturated rings. The Hall–Kier alpha value is -1.07. The summed E-state index contributed by atoms with van der Waals surface area (Å²) in [5.74, 6) is 0.0497. The van der Waals surface area contributed by atoms with Crippen LogP contribution < -0.4 is 5.73 Å². The number of hydrogen-bond donors (Lipinski definition) is 1. The molecule has 0 aromatic heterocycles. The molecule has 5 heteroatoms. The van der Waals surface area contributed by atoms with Gasteiger partial charge in [0.2, 0.25) is 0 Å². The van der Waals surface area contributed by atoms with Crippen molar-refractivity contribution < 1.29 is 4.79 Å². The van der Waals surface area contributed by atoms with Crippen molar-refractivity contribution in [2.24, 2.45) is 0 Å². The van der Waals surface area contributed by atoms with E-state index >= 15 is 0 Å². The van der Waals surface area contributed by atoms with E-state index in [1.807, 2.05) is 11.9 Å². The molecule has 0 bridgehead atoms. The van der Waals surface area contributed by atoms with E-state index in [-0.39, 0.29) is 5.91 Å². The Kier molecular flexibility index (Phi) is 5.05. The molecular formula is C15H22BrN3O. The van der Waals surface area contributed by atoms with Gasteiger partial charge in [-0.05, 0) is 60.1 Å². The highest BCUT2D eigenvalue weighted by atomic mass is 79.9. The van der Waals surface area contributed by atoms with Crippen LogP contribution in [0.5, 0.6) is 0 Å². The molecule has 1 aromatic carbocycles. The molecule has 0 saturated carbocycles. The summed E-state index contributed by atoms with van der Waals surface area (Å²) in [5, 5.41) is 0. The summed E-state index contributed by atoms with van der Waals surface area (Å²) in [4.78, 5) is 16.7. The number of likely N-dealkylation sites (N-methyl/N-ethyl adjacent to an activating group) is 2. The predicted octanol–water partition coefficient (Wildman–Crippen LogP) is 2.59. The van der Waals surface area contributed by atoms with Crippen molar-refractivity contribution in [3.8, 4) is 0 Å². The van der Waals surface area contributed by atoms with Crippen molar-refractivity contribution in [1.82, 2.24) is 9.80 Å². The summed E-state index contributed by atoms with van der Waals surface area (Å²) in [6, 6.07) is 5.83. The Labute approximate surface area is 129 Å². The van der Waals surface area contributed by atoms with Crippen LogP contribution in [0.25, 0.3) is 0 Å². The zero-order valence-corrected chi connectivity index (χ0v) is 13.7. The maximum absolute atomic E-state index is 12.4. The van der Waals surface area contributed by atoms with E-state index in [0.717, 1.165) is 24.1 Å². The molecule has 1 atom stereocenters. The summed E-state index contributed by atoms with van der Waals surface area (Å²) in [6.45, 7) is 5.17. The van der Waals surface area contributed by atoms with Crippen molar-refractivity contribution >= 4 is 27.5 Å². The lowest BCUT2D eigenvalue weighted by atomic mass is 10.1. The van der Waals surface area contributed by atoms with Gasteiger partial charge in [0.1, 0.15) is 0 Å². The molecule has 1 unspecified atom stereocenters. The van der Waals surface area contributed by atoms with E-state index in [0.29, 0.717) is 17.3 Å². The van der Waals surface area contributed by atoms with Crippen molar-refractivity contribution in [1.29, 1.82) is 0 Å². The van der Waals surface area contributed by atoms with E-state index in [2.05, 4.69) is 27.8 Å². The minimum atomic E-state index is 0.0497. The number of benzene rings is 1. The molecule has 2 rings (SSSR count). The van der Waals surface area contributed by atoms with Gasteiger partial charge in [-0.3, -0.25) is 9.69 Å². The Morgan fingerprint density at radius 1 is 1.55 bits per heavy atom. The molecule has 20 heavy (non-hydrogen) atoms. The fourth-order valence-corrected chi connectivity index (χ4v) is 3.18. The summed E-state index contributed by atoms with van der Waals surface area (Å²) < 4.78 is 0.771. The Balaban J connectivity index is 2.03. The third-order valence-electron chi connectivity index (χ3n) is 3.98. The lowest BCUT2D eigenvalue weighted by Gasteiger charge is -2.27. The monoisotopic (exact) mass is 339 g/mol. The maximum Gasteiger partial charge on any atom is 0.253 e. The Morgan fingerprint density at radius 3 is 2.95 bits per heavy atom. The molecular weight excluding hydrogens is 318 g/mol. The zero-order valence-electron chi connectivity index (χ0n) is 12.1. The molecule has 1 aliphatic heterocycles. The van der Waals surface area contributed by atoms with E-state index in [1.165, 1.54) is 12.8 Å². The SMILES string of the molecule is CCN1CCCC1CN(C)C(=O)c1ccc(N)c(Br)c1. The van der Waals surface area contributed by atoms with Crippen molar-refractivity contribution in [3.05, 3.63) is 28.2 Å². The topological polar surface area (TPSA) is 49.6 Å². The van der Waals surface area contributed by atoms with Crippen molar-refractivity contribution in [3.63, 3.8) is 0 Å². The zero-order chi connectivity index (χ0) is 14.7. The maximum atomic E-state index is 12.4. The minimum Gasteiger partial charge on any atom is -0.398 e. The molecule has 1 heterocycles. The molecule has 1 aliphatic rings. The highest BCUT2D eigenvalue weighted by molar-refractivity contribution is 9.10. The molecule has 4 nitrogen and oxygen atoms in total. The first-order valence-corrected chi connectivity index (χ1v) is 7.86. The average molecular weight is 340 g/mol. The second-order valence-corrected chi connectivity index (χ2v) is 6.20. The van der Waals surface area contributed by atoms with Crippen LogP contribution in [0.1, 0.15) is 30.1 Å². The lowest BCUT2D eigenvalue weighted by molar-refractivity contribution is 0.0754. The fraction of sp³-hybridized carbons (Fsp3) is 0.533. The Bertz CT molecular complexity index is 492. The number of nitrogen functional groups attached to an aromatic ring is 1. The highest BCUT2D eigenvalue weighted by Gasteiger charge is 2.25. The number of halogens is 1.